The smallest absolute Gasteiger partial charge is 0.405 e. The number of benzene rings is 3. The predicted octanol–water partition coefficient (Wildman–Crippen LogP) is 5.67. The lowest BCUT2D eigenvalue weighted by atomic mass is 9.86. The second-order valence-corrected chi connectivity index (χ2v) is 12.8. The number of alkyl halides is 3. The van der Waals surface area contributed by atoms with Gasteiger partial charge in [-0.15, -0.1) is 0 Å². The Bertz CT molecular complexity index is 1280. The number of hydrogen-bond donors (Lipinski definition) is 1. The summed E-state index contributed by atoms with van der Waals surface area (Å²) in [5, 5.41) is 13.7. The Hall–Kier alpha value is -3.75. The summed E-state index contributed by atoms with van der Waals surface area (Å²) in [4.78, 5) is 11.9. The van der Waals surface area contributed by atoms with Crippen LogP contribution in [0.5, 0.6) is 0 Å². The van der Waals surface area contributed by atoms with Gasteiger partial charge in [-0.2, -0.15) is 13.2 Å². The Morgan fingerprint density at radius 3 is 1.79 bits per heavy atom. The van der Waals surface area contributed by atoms with E-state index in [9.17, 15) is 23.1 Å². The molecule has 0 bridgehead atoms. The molecule has 0 aliphatic heterocycles. The summed E-state index contributed by atoms with van der Waals surface area (Å²) in [5.41, 5.74) is -3.29. The Morgan fingerprint density at radius 1 is 0.949 bits per heavy atom. The van der Waals surface area contributed by atoms with Crippen LogP contribution in [0.4, 0.5) is 13.2 Å². The minimum Gasteiger partial charge on any atom is -0.481 e. The van der Waals surface area contributed by atoms with Crippen molar-refractivity contribution in [2.75, 3.05) is 13.7 Å². The molecule has 202 valence electrons. The van der Waals surface area contributed by atoms with Gasteiger partial charge in [-0.1, -0.05) is 60.5 Å². The van der Waals surface area contributed by atoms with Gasteiger partial charge in [0.1, 0.15) is 34.3 Å². The van der Waals surface area contributed by atoms with E-state index < -0.39 is 49.3 Å². The molecule has 0 heterocycles. The molecule has 1 fully saturated rings. The van der Waals surface area contributed by atoms with Gasteiger partial charge in [0.05, 0.1) is 19.3 Å². The van der Waals surface area contributed by atoms with Crippen LogP contribution in [0.2, 0.25) is 0 Å². The number of aliphatic hydroxyl groups excluding tert-OH is 1. The summed E-state index contributed by atoms with van der Waals surface area (Å²) in [6.45, 7) is 1.73. The first-order chi connectivity index (χ1) is 18.7. The first-order valence-electron chi connectivity index (χ1n) is 12.5. The fourth-order valence-corrected chi connectivity index (χ4v) is 10.5. The van der Waals surface area contributed by atoms with Gasteiger partial charge in [0.25, 0.3) is 5.95 Å². The number of ether oxygens (including phenoxy) is 2. The summed E-state index contributed by atoms with van der Waals surface area (Å²) < 4.78 is 54.9. The van der Waals surface area contributed by atoms with Gasteiger partial charge in [0.15, 0.2) is 0 Å². The average Bonchev–Trinajstić information content (AvgIpc) is 3.36. The number of esters is 1. The van der Waals surface area contributed by atoms with E-state index in [1.165, 1.54) is 0 Å². The van der Waals surface area contributed by atoms with Crippen molar-refractivity contribution in [3.8, 4) is 11.8 Å². The molecule has 1 aliphatic carbocycles. The number of carbonyl (C=O) groups is 1. The molecule has 39 heavy (non-hydrogen) atoms. The normalized spacial score (nSPS) is 20.5. The third-order valence-electron chi connectivity index (χ3n) is 7.08. The van der Waals surface area contributed by atoms with Crippen LogP contribution < -0.4 is 15.9 Å². The molecule has 0 radical (unpaired) electrons. The molecule has 1 N–H and O–H groups in total. The maximum Gasteiger partial charge on any atom is 0.405 e. The Balaban J connectivity index is 2.12. The third kappa shape index (κ3) is 5.27. The van der Waals surface area contributed by atoms with Gasteiger partial charge in [-0.05, 0) is 43.3 Å². The summed E-state index contributed by atoms with van der Waals surface area (Å²) >= 11 is 0. The number of aliphatic hydroxyl groups is 1. The first-order valence-corrected chi connectivity index (χ1v) is 14.3. The molecule has 0 saturated heterocycles. The Labute approximate surface area is 226 Å². The highest BCUT2D eigenvalue weighted by atomic mass is 31.2. The van der Waals surface area contributed by atoms with Crippen LogP contribution in [-0.2, 0) is 14.3 Å². The summed E-state index contributed by atoms with van der Waals surface area (Å²) in [6.07, 6.45) is -5.91. The number of hydrogen-bond acceptors (Lipinski definition) is 4. The second-order valence-electron chi connectivity index (χ2n) is 9.21. The fraction of sp³-hybridized carbons (Fsp3) is 0.258. The molecule has 0 amide bonds. The maximum absolute atomic E-state index is 15.0. The summed E-state index contributed by atoms with van der Waals surface area (Å²) in [6, 6.07) is 28.3. The highest BCUT2D eigenvalue weighted by molar-refractivity contribution is 7.96. The fourth-order valence-electron chi connectivity index (χ4n) is 5.37. The number of rotatable bonds is 6. The zero-order chi connectivity index (χ0) is 28.1. The van der Waals surface area contributed by atoms with Gasteiger partial charge in [-0.3, -0.25) is 0 Å². The molecule has 3 aromatic rings. The van der Waals surface area contributed by atoms with Crippen molar-refractivity contribution in [1.82, 2.24) is 0 Å². The van der Waals surface area contributed by atoms with Gasteiger partial charge in [0, 0.05) is 18.8 Å². The Kier molecular flexibility index (Phi) is 8.37. The van der Waals surface area contributed by atoms with Gasteiger partial charge in [0.2, 0.25) is 0 Å². The lowest BCUT2D eigenvalue weighted by Crippen LogP contribution is -2.40. The van der Waals surface area contributed by atoms with Crippen LogP contribution in [0.25, 0.3) is 0 Å². The van der Waals surface area contributed by atoms with Crippen LogP contribution in [-0.4, -0.2) is 36.6 Å². The highest BCUT2D eigenvalue weighted by Crippen LogP contribution is 2.70. The van der Waals surface area contributed by atoms with Crippen molar-refractivity contribution < 1.29 is 32.5 Å². The molecule has 2 unspecified atom stereocenters. The first kappa shape index (κ1) is 28.3. The van der Waals surface area contributed by atoms with E-state index in [1.807, 2.05) is 96.9 Å². The van der Waals surface area contributed by atoms with E-state index in [1.54, 1.807) is 6.92 Å². The van der Waals surface area contributed by atoms with Crippen molar-refractivity contribution in [2.45, 2.75) is 31.6 Å². The molecule has 4 nitrogen and oxygen atoms in total. The largest absolute Gasteiger partial charge is 0.481 e. The second kappa shape index (κ2) is 11.6. The number of methoxy groups -OCH3 is 1. The minimum absolute atomic E-state index is 0.0718. The van der Waals surface area contributed by atoms with Crippen molar-refractivity contribution in [1.29, 1.82) is 0 Å². The van der Waals surface area contributed by atoms with Crippen molar-refractivity contribution in [3.63, 3.8) is 0 Å². The van der Waals surface area contributed by atoms with Crippen LogP contribution in [0.15, 0.2) is 103 Å². The SMILES string of the molecule is CCO/C(O)=C1\CC(C#CC(=O)OC)(C(F)(F)F)CC1[P+](c1ccccc1)(c1ccccc1)c1ccccc1. The summed E-state index contributed by atoms with van der Waals surface area (Å²) in [5.74, 6) is 2.69. The molecule has 1 aliphatic rings. The van der Waals surface area contributed by atoms with E-state index in [0.29, 0.717) is 0 Å². The topological polar surface area (TPSA) is 55.8 Å². The molecule has 2 atom stereocenters. The molecule has 8 heteroatoms. The lowest BCUT2D eigenvalue weighted by molar-refractivity contribution is -0.198. The monoisotopic (exact) mass is 553 g/mol. The number of carbonyl (C=O) groups excluding carboxylic acids is 1. The molecule has 1 saturated carbocycles. The van der Waals surface area contributed by atoms with Crippen LogP contribution in [0.1, 0.15) is 19.8 Å². The van der Waals surface area contributed by atoms with Gasteiger partial charge < -0.3 is 14.6 Å². The predicted molar refractivity (Wildman–Crippen MR) is 148 cm³/mol. The average molecular weight is 554 g/mol. The maximum atomic E-state index is 15.0. The van der Waals surface area contributed by atoms with Crippen LogP contribution in [0.3, 0.4) is 0 Å². The van der Waals surface area contributed by atoms with Crippen LogP contribution >= 0.6 is 7.26 Å². The van der Waals surface area contributed by atoms with E-state index in [2.05, 4.69) is 10.7 Å². The standard InChI is InChI=1S/C31H28F3O4P/c1-3-38-29(36)26-21-30(31(32,33)34,20-19-28(35)37-2)22-27(26)39(23-13-7-4-8-14-23,24-15-9-5-10-16-24)25-17-11-6-12-18-25/h4-18,27H,3,21-22H2,1-2H3/p+1/b29-26+. The van der Waals surface area contributed by atoms with Crippen LogP contribution in [0, 0.1) is 17.3 Å². The Morgan fingerprint density at radius 2 is 1.41 bits per heavy atom. The van der Waals surface area contributed by atoms with Crippen molar-refractivity contribution in [3.05, 3.63) is 103 Å². The van der Waals surface area contributed by atoms with Gasteiger partial charge in [-0.25, -0.2) is 4.79 Å². The highest BCUT2D eigenvalue weighted by Gasteiger charge is 2.68. The quantitative estimate of drug-likeness (QED) is 0.141. The number of halogens is 3. The molecular weight excluding hydrogens is 524 g/mol. The van der Waals surface area contributed by atoms with Gasteiger partial charge >= 0.3 is 12.1 Å². The van der Waals surface area contributed by atoms with E-state index in [4.69, 9.17) is 4.74 Å². The van der Waals surface area contributed by atoms with E-state index in [-0.39, 0.29) is 12.2 Å². The lowest BCUT2D eigenvalue weighted by Gasteiger charge is -2.34. The van der Waals surface area contributed by atoms with E-state index in [0.717, 1.165) is 23.0 Å². The molecule has 0 aromatic heterocycles. The minimum atomic E-state index is -4.81. The number of allylic oxidation sites excluding steroid dienone is 1. The van der Waals surface area contributed by atoms with Crippen molar-refractivity contribution >= 4 is 29.1 Å². The summed E-state index contributed by atoms with van der Waals surface area (Å²) in [7, 11) is -1.85. The molecule has 4 rings (SSSR count). The molecular formula is C31H29F3O4P+. The zero-order valence-electron chi connectivity index (χ0n) is 21.6. The van der Waals surface area contributed by atoms with Crippen molar-refractivity contribution in [2.24, 2.45) is 5.41 Å². The molecule has 3 aromatic carbocycles. The molecule has 0 spiro atoms. The van der Waals surface area contributed by atoms with E-state index >= 15 is 0 Å². The zero-order valence-corrected chi connectivity index (χ0v) is 22.5. The third-order valence-corrected chi connectivity index (χ3v) is 11.8.